The number of hydrogen-bond donors (Lipinski definition) is 0. The number of allylic oxidation sites excluding steroid dienone is 1. The molecule has 0 N–H and O–H groups in total. The molecule has 0 amide bonds. The van der Waals surface area contributed by atoms with Gasteiger partial charge in [-0.15, -0.1) is 23.1 Å². The zero-order valence-corrected chi connectivity index (χ0v) is 12.4. The second-order valence-corrected chi connectivity index (χ2v) is 6.67. The van der Waals surface area contributed by atoms with Crippen LogP contribution in [0.25, 0.3) is 22.2 Å². The predicted molar refractivity (Wildman–Crippen MR) is 86.3 cm³/mol. The van der Waals surface area contributed by atoms with Gasteiger partial charge in [0.05, 0.1) is 0 Å². The van der Waals surface area contributed by atoms with Crippen LogP contribution in [0.4, 0.5) is 0 Å². The van der Waals surface area contributed by atoms with E-state index in [2.05, 4.69) is 24.8 Å². The molecular weight excluding hydrogens is 272 g/mol. The molecule has 0 saturated carbocycles. The highest BCUT2D eigenvalue weighted by Crippen LogP contribution is 2.39. The lowest BCUT2D eigenvalue weighted by molar-refractivity contribution is 0.0985. The number of thioether (sulfide) groups is 1. The summed E-state index contributed by atoms with van der Waals surface area (Å²) in [6.07, 6.45) is 6.72. The molecule has 1 aliphatic heterocycles. The van der Waals surface area contributed by atoms with Crippen LogP contribution in [0, 0.1) is 0 Å². The van der Waals surface area contributed by atoms with Gasteiger partial charge in [0.25, 0.3) is 0 Å². The molecule has 0 aliphatic carbocycles. The average Bonchev–Trinajstić information content (AvgIpc) is 2.75. The summed E-state index contributed by atoms with van der Waals surface area (Å²) in [6.45, 7) is 5.91. The zero-order chi connectivity index (χ0) is 13.4. The van der Waals surface area contributed by atoms with Crippen LogP contribution in [0.2, 0.25) is 0 Å². The molecule has 0 saturated heterocycles. The van der Waals surface area contributed by atoms with Gasteiger partial charge in [0, 0.05) is 37.6 Å². The fourth-order valence-electron chi connectivity index (χ4n) is 2.38. The maximum absolute atomic E-state index is 12.0. The maximum atomic E-state index is 12.0. The molecule has 1 aromatic carbocycles. The summed E-state index contributed by atoms with van der Waals surface area (Å²) in [5.74, 6) is 1.17. The van der Waals surface area contributed by atoms with Crippen molar-refractivity contribution in [1.29, 1.82) is 0 Å². The van der Waals surface area contributed by atoms with Crippen molar-refractivity contribution in [2.24, 2.45) is 0 Å². The molecule has 2 heterocycles. The lowest BCUT2D eigenvalue weighted by Gasteiger charge is -2.14. The number of carbonyl (C=O) groups is 1. The number of hydrogen-bond acceptors (Lipinski definition) is 3. The second-order valence-electron chi connectivity index (χ2n) is 4.45. The van der Waals surface area contributed by atoms with Gasteiger partial charge < -0.3 is 0 Å². The van der Waals surface area contributed by atoms with Crippen molar-refractivity contribution < 1.29 is 4.79 Å². The quantitative estimate of drug-likeness (QED) is 0.749. The van der Waals surface area contributed by atoms with Crippen molar-refractivity contribution >= 4 is 51.1 Å². The minimum Gasteiger partial charge on any atom is -0.294 e. The number of benzene rings is 1. The Labute approximate surface area is 121 Å². The van der Waals surface area contributed by atoms with Crippen molar-refractivity contribution in [3.05, 3.63) is 40.8 Å². The highest BCUT2D eigenvalue weighted by Gasteiger charge is 2.20. The number of rotatable bonds is 2. The van der Waals surface area contributed by atoms with E-state index in [0.717, 1.165) is 16.2 Å². The van der Waals surface area contributed by atoms with Gasteiger partial charge in [-0.3, -0.25) is 4.79 Å². The van der Waals surface area contributed by atoms with E-state index in [1.54, 1.807) is 23.1 Å². The summed E-state index contributed by atoms with van der Waals surface area (Å²) in [6, 6.07) is 4.23. The van der Waals surface area contributed by atoms with E-state index in [1.807, 2.05) is 19.1 Å². The van der Waals surface area contributed by atoms with Gasteiger partial charge in [-0.05, 0) is 24.6 Å². The molecule has 0 fully saturated rings. The van der Waals surface area contributed by atoms with E-state index < -0.39 is 0 Å². The summed E-state index contributed by atoms with van der Waals surface area (Å²) < 4.78 is 1.18. The van der Waals surface area contributed by atoms with Crippen molar-refractivity contribution in [3.8, 4) is 0 Å². The maximum Gasteiger partial charge on any atom is 0.164 e. The van der Waals surface area contributed by atoms with Gasteiger partial charge in [0.2, 0.25) is 0 Å². The van der Waals surface area contributed by atoms with Crippen LogP contribution in [-0.4, -0.2) is 11.5 Å². The van der Waals surface area contributed by atoms with E-state index in [-0.39, 0.29) is 5.78 Å². The van der Waals surface area contributed by atoms with Crippen LogP contribution < -0.4 is 0 Å². The minimum absolute atomic E-state index is 0.275. The zero-order valence-electron chi connectivity index (χ0n) is 10.7. The minimum atomic E-state index is 0.275. The summed E-state index contributed by atoms with van der Waals surface area (Å²) in [7, 11) is 0. The van der Waals surface area contributed by atoms with Crippen molar-refractivity contribution in [1.82, 2.24) is 0 Å². The highest BCUT2D eigenvalue weighted by atomic mass is 32.2. The number of Topliss-reactive ketones (excluding diaryl/α,β-unsaturated/α-hetero) is 1. The predicted octanol–water partition coefficient (Wildman–Crippen LogP) is 5.26. The summed E-state index contributed by atoms with van der Waals surface area (Å²) in [5.41, 5.74) is 2.12. The molecule has 2 aromatic rings. The molecule has 0 atom stereocenters. The topological polar surface area (TPSA) is 17.1 Å². The van der Waals surface area contributed by atoms with Crippen LogP contribution in [-0.2, 0) is 0 Å². The first-order valence-electron chi connectivity index (χ1n) is 6.26. The van der Waals surface area contributed by atoms with Gasteiger partial charge in [-0.1, -0.05) is 24.8 Å². The van der Waals surface area contributed by atoms with Gasteiger partial charge in [0.15, 0.2) is 5.78 Å². The summed E-state index contributed by atoms with van der Waals surface area (Å²) in [5, 5.41) is 1.24. The van der Waals surface area contributed by atoms with E-state index in [9.17, 15) is 4.79 Å². The normalized spacial score (nSPS) is 15.1. The molecule has 19 heavy (non-hydrogen) atoms. The largest absolute Gasteiger partial charge is 0.294 e. The average molecular weight is 286 g/mol. The second kappa shape index (κ2) is 4.99. The number of fused-ring (bicyclic) bond motifs is 2. The number of ketones is 1. The molecule has 1 aliphatic rings. The number of carbonyl (C=O) groups excluding carboxylic acids is 1. The van der Waals surface area contributed by atoms with Crippen LogP contribution >= 0.6 is 23.1 Å². The molecule has 0 spiro atoms. The van der Waals surface area contributed by atoms with Crippen molar-refractivity contribution in [2.45, 2.75) is 18.2 Å². The van der Waals surface area contributed by atoms with Gasteiger partial charge >= 0.3 is 0 Å². The van der Waals surface area contributed by atoms with Crippen LogP contribution in [0.15, 0.2) is 29.7 Å². The third-order valence-electron chi connectivity index (χ3n) is 3.26. The molecular formula is C16H14OS2. The number of thiophene rings is 1. The van der Waals surface area contributed by atoms with Gasteiger partial charge in [-0.2, -0.15) is 0 Å². The van der Waals surface area contributed by atoms with Crippen molar-refractivity contribution in [2.75, 3.05) is 5.75 Å². The van der Waals surface area contributed by atoms with Crippen LogP contribution in [0.3, 0.4) is 0 Å². The molecule has 0 radical (unpaired) electrons. The Kier molecular flexibility index (Phi) is 3.33. The van der Waals surface area contributed by atoms with Crippen LogP contribution in [0.1, 0.15) is 34.1 Å². The lowest BCUT2D eigenvalue weighted by Crippen LogP contribution is -2.07. The first-order valence-corrected chi connectivity index (χ1v) is 8.06. The summed E-state index contributed by atoms with van der Waals surface area (Å²) in [4.78, 5) is 14.3. The third kappa shape index (κ3) is 2.07. The smallest absolute Gasteiger partial charge is 0.164 e. The van der Waals surface area contributed by atoms with Crippen molar-refractivity contribution in [3.63, 3.8) is 0 Å². The Morgan fingerprint density at radius 1 is 1.37 bits per heavy atom. The van der Waals surface area contributed by atoms with E-state index in [1.165, 1.54) is 20.5 Å². The molecule has 3 rings (SSSR count). The SMILES string of the molecule is C=Cc1sc2cc3c(cc2c1/C=C\C)SCCC3=O. The molecule has 0 bridgehead atoms. The molecule has 1 aromatic heterocycles. The fourth-order valence-corrected chi connectivity index (χ4v) is 4.48. The first-order chi connectivity index (χ1) is 9.24. The fraction of sp³-hybridized carbons (Fsp3) is 0.188. The van der Waals surface area contributed by atoms with Gasteiger partial charge in [0.1, 0.15) is 0 Å². The Morgan fingerprint density at radius 3 is 2.95 bits per heavy atom. The van der Waals surface area contributed by atoms with E-state index in [0.29, 0.717) is 6.42 Å². The van der Waals surface area contributed by atoms with Gasteiger partial charge in [-0.25, -0.2) is 0 Å². The Bertz CT molecular complexity index is 707. The monoisotopic (exact) mass is 286 g/mol. The lowest BCUT2D eigenvalue weighted by atomic mass is 10.0. The molecule has 3 heteroatoms. The molecule has 1 nitrogen and oxygen atoms in total. The Balaban J connectivity index is 2.32. The van der Waals surface area contributed by atoms with E-state index >= 15 is 0 Å². The molecule has 96 valence electrons. The van der Waals surface area contributed by atoms with E-state index in [4.69, 9.17) is 0 Å². The summed E-state index contributed by atoms with van der Waals surface area (Å²) >= 11 is 3.49. The Hall–Kier alpha value is -1.32. The van der Waals surface area contributed by atoms with Crippen LogP contribution in [0.5, 0.6) is 0 Å². The standard InChI is InChI=1S/C16H14OS2/c1-3-5-10-11-8-15-12(13(17)6-7-18-15)9-16(11)19-14(10)4-2/h3-5,8-9H,2,6-7H2,1H3/b5-3-. The molecule has 0 unspecified atom stereocenters. The third-order valence-corrected chi connectivity index (χ3v) is 5.48. The highest BCUT2D eigenvalue weighted by molar-refractivity contribution is 7.99. The first kappa shape index (κ1) is 12.7. The Morgan fingerprint density at radius 2 is 2.21 bits per heavy atom.